The third-order valence-electron chi connectivity index (χ3n) is 7.55. The topological polar surface area (TPSA) is 58.7 Å². The number of nitrogens with zero attached hydrogens (tertiary/aromatic N) is 4. The number of rotatable bonds is 12. The molecule has 7 nitrogen and oxygen atoms in total. The molecule has 1 saturated heterocycles. The first kappa shape index (κ1) is 29.3. The molecule has 3 N–H and O–H groups in total. The maximum atomic E-state index is 14.9. The van der Waals surface area contributed by atoms with Crippen molar-refractivity contribution in [3.8, 4) is 0 Å². The van der Waals surface area contributed by atoms with Crippen molar-refractivity contribution in [1.82, 2.24) is 30.5 Å². The van der Waals surface area contributed by atoms with E-state index in [2.05, 4.69) is 50.9 Å². The Morgan fingerprint density at radius 1 is 1.13 bits per heavy atom. The lowest BCUT2D eigenvalue weighted by Crippen LogP contribution is -2.42. The van der Waals surface area contributed by atoms with Gasteiger partial charge >= 0.3 is 0 Å². The fourth-order valence-corrected chi connectivity index (χ4v) is 5.49. The molecule has 2 aliphatic rings. The minimum absolute atomic E-state index is 0.303. The summed E-state index contributed by atoms with van der Waals surface area (Å²) in [7, 11) is 6.09. The van der Waals surface area contributed by atoms with Gasteiger partial charge in [0.05, 0.1) is 17.1 Å². The van der Waals surface area contributed by atoms with Gasteiger partial charge in [0.15, 0.2) is 0 Å². The van der Waals surface area contributed by atoms with E-state index in [4.69, 9.17) is 11.6 Å². The summed E-state index contributed by atoms with van der Waals surface area (Å²) in [5.41, 5.74) is 8.89. The molecular weight excluding hydrogens is 513 g/mol. The molecule has 0 atom stereocenters. The zero-order chi connectivity index (χ0) is 27.8. The van der Waals surface area contributed by atoms with E-state index in [0.29, 0.717) is 16.5 Å². The van der Waals surface area contributed by atoms with Crippen molar-refractivity contribution in [3.05, 3.63) is 76.1 Å². The minimum atomic E-state index is -0.303. The summed E-state index contributed by atoms with van der Waals surface area (Å²) in [5, 5.41) is 9.32. The van der Waals surface area contributed by atoms with Crippen LogP contribution in [0.5, 0.6) is 0 Å². The van der Waals surface area contributed by atoms with Gasteiger partial charge in [-0.1, -0.05) is 18.5 Å². The van der Waals surface area contributed by atoms with Gasteiger partial charge in [-0.2, -0.15) is 0 Å². The molecule has 0 amide bonds. The van der Waals surface area contributed by atoms with Crippen LogP contribution < -0.4 is 16.1 Å². The molecule has 3 heterocycles. The highest BCUT2D eigenvalue weighted by Gasteiger charge is 2.28. The molecule has 0 aliphatic carbocycles. The Morgan fingerprint density at radius 2 is 1.92 bits per heavy atom. The molecule has 1 aromatic heterocycles. The zero-order valence-corrected chi connectivity index (χ0v) is 24.5. The van der Waals surface area contributed by atoms with E-state index in [1.165, 1.54) is 6.07 Å². The SMILES string of the molecule is CCCN(CCNC)CCc1cc(NC2=C(C3CCN(C)CC3)NN(C)C(c3cc(Cl)ccc3F)=C2)ccn1. The Bertz CT molecular complexity index is 1160. The predicted octanol–water partition coefficient (Wildman–Crippen LogP) is 4.80. The Balaban J connectivity index is 1.61. The van der Waals surface area contributed by atoms with Crippen LogP contribution in [0.3, 0.4) is 0 Å². The average Bonchev–Trinajstić information content (AvgIpc) is 2.93. The van der Waals surface area contributed by atoms with Crippen LogP contribution in [0.1, 0.15) is 37.4 Å². The third kappa shape index (κ3) is 7.94. The van der Waals surface area contributed by atoms with Crippen LogP contribution in [0, 0.1) is 11.7 Å². The highest BCUT2D eigenvalue weighted by molar-refractivity contribution is 6.30. The highest BCUT2D eigenvalue weighted by atomic mass is 35.5. The van der Waals surface area contributed by atoms with Gasteiger partial charge in [0, 0.05) is 67.2 Å². The number of hydrogen-bond acceptors (Lipinski definition) is 7. The van der Waals surface area contributed by atoms with Crippen molar-refractivity contribution < 1.29 is 4.39 Å². The zero-order valence-electron chi connectivity index (χ0n) is 23.7. The standard InChI is InChI=1S/C30H43ClFN7/c1-5-14-39(18-13-33-2)17-11-24-20-25(8-12-34-24)35-28-21-29(26-19-23(31)6-7-27(26)32)38(4)36-30(28)22-9-15-37(3)16-10-22/h6-8,12,19-22,33,36H,5,9-11,13-18H2,1-4H3,(H,34,35). The summed E-state index contributed by atoms with van der Waals surface area (Å²) >= 11 is 6.25. The van der Waals surface area contributed by atoms with Crippen molar-refractivity contribution in [3.63, 3.8) is 0 Å². The number of pyridine rings is 1. The molecule has 39 heavy (non-hydrogen) atoms. The molecule has 212 valence electrons. The minimum Gasteiger partial charge on any atom is -0.354 e. The van der Waals surface area contributed by atoms with Gasteiger partial charge < -0.3 is 25.9 Å². The number of allylic oxidation sites excluding steroid dienone is 2. The van der Waals surface area contributed by atoms with Gasteiger partial charge in [0.1, 0.15) is 5.82 Å². The maximum absolute atomic E-state index is 14.9. The number of halogens is 2. The molecule has 0 spiro atoms. The van der Waals surface area contributed by atoms with Crippen LogP contribution in [-0.4, -0.2) is 80.2 Å². The van der Waals surface area contributed by atoms with Crippen molar-refractivity contribution in [1.29, 1.82) is 0 Å². The lowest BCUT2D eigenvalue weighted by Gasteiger charge is -2.38. The van der Waals surface area contributed by atoms with Crippen molar-refractivity contribution >= 4 is 23.0 Å². The average molecular weight is 556 g/mol. The molecule has 1 aromatic carbocycles. The van der Waals surface area contributed by atoms with E-state index >= 15 is 0 Å². The number of benzene rings is 1. The molecule has 0 radical (unpaired) electrons. The van der Waals surface area contributed by atoms with Gasteiger partial charge in [-0.25, -0.2) is 4.39 Å². The Labute approximate surface area is 238 Å². The lowest BCUT2D eigenvalue weighted by atomic mass is 9.91. The number of hydrazine groups is 1. The Hall–Kier alpha value is -2.65. The maximum Gasteiger partial charge on any atom is 0.132 e. The number of likely N-dealkylation sites (tertiary alicyclic amines) is 1. The molecular formula is C30H43ClFN7. The summed E-state index contributed by atoms with van der Waals surface area (Å²) in [6.07, 6.45) is 8.06. The number of anilines is 1. The molecule has 0 bridgehead atoms. The Morgan fingerprint density at radius 3 is 2.67 bits per heavy atom. The quantitative estimate of drug-likeness (QED) is 0.348. The number of aromatic nitrogens is 1. The second kappa shape index (κ2) is 14.1. The molecule has 0 unspecified atom stereocenters. The molecule has 2 aliphatic heterocycles. The third-order valence-corrected chi connectivity index (χ3v) is 7.78. The fraction of sp³-hybridized carbons (Fsp3) is 0.500. The van der Waals surface area contributed by atoms with Crippen LogP contribution in [0.25, 0.3) is 5.70 Å². The van der Waals surface area contributed by atoms with E-state index in [-0.39, 0.29) is 5.82 Å². The monoisotopic (exact) mass is 555 g/mol. The van der Waals surface area contributed by atoms with Crippen LogP contribution in [0.2, 0.25) is 5.02 Å². The van der Waals surface area contributed by atoms with E-state index in [1.807, 2.05) is 37.4 Å². The largest absolute Gasteiger partial charge is 0.354 e. The van der Waals surface area contributed by atoms with Crippen molar-refractivity contribution in [2.24, 2.45) is 5.92 Å². The van der Waals surface area contributed by atoms with Gasteiger partial charge in [0.2, 0.25) is 0 Å². The van der Waals surface area contributed by atoms with Gasteiger partial charge in [0.25, 0.3) is 0 Å². The summed E-state index contributed by atoms with van der Waals surface area (Å²) in [6, 6.07) is 8.81. The summed E-state index contributed by atoms with van der Waals surface area (Å²) in [5.74, 6) is 0.0757. The molecule has 4 rings (SSSR count). The predicted molar refractivity (Wildman–Crippen MR) is 160 cm³/mol. The summed E-state index contributed by atoms with van der Waals surface area (Å²) < 4.78 is 14.9. The number of piperidine rings is 1. The molecule has 2 aromatic rings. The van der Waals surface area contributed by atoms with Gasteiger partial charge in [-0.15, -0.1) is 0 Å². The van der Waals surface area contributed by atoms with Crippen LogP contribution >= 0.6 is 11.6 Å². The summed E-state index contributed by atoms with van der Waals surface area (Å²) in [4.78, 5) is 9.50. The molecule has 0 saturated carbocycles. The van der Waals surface area contributed by atoms with Crippen LogP contribution in [0.4, 0.5) is 10.1 Å². The Kier molecular flexibility index (Phi) is 10.6. The van der Waals surface area contributed by atoms with E-state index in [0.717, 1.165) is 93.4 Å². The summed E-state index contributed by atoms with van der Waals surface area (Å²) in [6.45, 7) is 8.38. The van der Waals surface area contributed by atoms with E-state index in [1.54, 1.807) is 12.1 Å². The van der Waals surface area contributed by atoms with Crippen molar-refractivity contribution in [2.45, 2.75) is 32.6 Å². The first-order valence-electron chi connectivity index (χ1n) is 14.1. The normalized spacial score (nSPS) is 17.0. The van der Waals surface area contributed by atoms with Gasteiger partial charge in [-0.3, -0.25) is 9.99 Å². The van der Waals surface area contributed by atoms with Crippen molar-refractivity contribution in [2.75, 3.05) is 65.7 Å². The van der Waals surface area contributed by atoms with Gasteiger partial charge in [-0.05, 0) is 89.4 Å². The second-order valence-electron chi connectivity index (χ2n) is 10.6. The lowest BCUT2D eigenvalue weighted by molar-refractivity contribution is 0.220. The number of likely N-dealkylation sites (N-methyl/N-ethyl adjacent to an activating group) is 1. The second-order valence-corrected chi connectivity index (χ2v) is 11.0. The smallest absolute Gasteiger partial charge is 0.132 e. The number of nitrogens with one attached hydrogen (secondary N) is 3. The van der Waals surface area contributed by atoms with Crippen LogP contribution in [-0.2, 0) is 6.42 Å². The fourth-order valence-electron chi connectivity index (χ4n) is 5.32. The molecule has 1 fully saturated rings. The van der Waals surface area contributed by atoms with Crippen LogP contribution in [0.15, 0.2) is 54.0 Å². The first-order valence-corrected chi connectivity index (χ1v) is 14.4. The number of hydrogen-bond donors (Lipinski definition) is 3. The van der Waals surface area contributed by atoms with E-state index < -0.39 is 0 Å². The first-order chi connectivity index (χ1) is 18.9. The van der Waals surface area contributed by atoms with E-state index in [9.17, 15) is 4.39 Å². The molecule has 9 heteroatoms. The highest BCUT2D eigenvalue weighted by Crippen LogP contribution is 2.33.